The van der Waals surface area contributed by atoms with Crippen molar-refractivity contribution in [2.75, 3.05) is 7.05 Å². The number of rotatable bonds is 7. The van der Waals surface area contributed by atoms with E-state index in [0.29, 0.717) is 12.4 Å². The summed E-state index contributed by atoms with van der Waals surface area (Å²) < 4.78 is 45.0. The van der Waals surface area contributed by atoms with Crippen LogP contribution >= 0.6 is 11.6 Å². The Morgan fingerprint density at radius 1 is 1.14 bits per heavy atom. The van der Waals surface area contributed by atoms with Gasteiger partial charge in [-0.25, -0.2) is 0 Å². The molecule has 0 unspecified atom stereocenters. The normalized spacial score (nSPS) is 12.0. The number of halogens is 4. The van der Waals surface area contributed by atoms with Gasteiger partial charge < -0.3 is 15.4 Å². The second-order valence-corrected chi connectivity index (χ2v) is 5.98. The summed E-state index contributed by atoms with van der Waals surface area (Å²) in [5.41, 5.74) is -1.34. The molecule has 0 saturated heterocycles. The van der Waals surface area contributed by atoms with Gasteiger partial charge in [-0.2, -0.15) is 13.2 Å². The highest BCUT2D eigenvalue weighted by atomic mass is 35.5. The van der Waals surface area contributed by atoms with Crippen LogP contribution in [0.3, 0.4) is 0 Å². The van der Waals surface area contributed by atoms with Gasteiger partial charge in [0.25, 0.3) is 5.91 Å². The summed E-state index contributed by atoms with van der Waals surface area (Å²) in [4.78, 5) is 23.4. The zero-order valence-electron chi connectivity index (χ0n) is 15.1. The first-order valence-corrected chi connectivity index (χ1v) is 8.58. The molecular formula is C20H16ClF3N2O3. The highest BCUT2D eigenvalue weighted by Crippen LogP contribution is 2.35. The van der Waals surface area contributed by atoms with Gasteiger partial charge in [0.1, 0.15) is 17.8 Å². The molecule has 2 N–H and O–H groups in total. The molecule has 0 aliphatic carbocycles. The number of allylic oxidation sites excluding steroid dienone is 2. The van der Waals surface area contributed by atoms with Crippen molar-refractivity contribution in [3.05, 3.63) is 82.7 Å². The number of aldehydes is 1. The Labute approximate surface area is 169 Å². The standard InChI is InChI=1S/C20H16ClF3N2O3/c1-25-10-8-14(9-11-27)26-19(28)15-12-13(20(22,23)24)6-7-17(15)29-18-5-3-2-4-16(18)21/h2-12,25H,1H3,(H,26,28)/b10-8-,14-9+. The lowest BCUT2D eigenvalue weighted by atomic mass is 10.1. The van der Waals surface area contributed by atoms with E-state index in [-0.39, 0.29) is 27.8 Å². The van der Waals surface area contributed by atoms with Gasteiger partial charge in [-0.1, -0.05) is 23.7 Å². The van der Waals surface area contributed by atoms with Gasteiger partial charge in [0.2, 0.25) is 0 Å². The number of alkyl halides is 3. The van der Waals surface area contributed by atoms with E-state index in [1.807, 2.05) is 0 Å². The van der Waals surface area contributed by atoms with Crippen molar-refractivity contribution in [1.82, 2.24) is 10.6 Å². The van der Waals surface area contributed by atoms with Crippen molar-refractivity contribution in [2.24, 2.45) is 0 Å². The van der Waals surface area contributed by atoms with Gasteiger partial charge in [0.15, 0.2) is 0 Å². The summed E-state index contributed by atoms with van der Waals surface area (Å²) in [5, 5.41) is 5.26. The number of nitrogens with one attached hydrogen (secondary N) is 2. The van der Waals surface area contributed by atoms with Crippen LogP contribution in [0.2, 0.25) is 5.02 Å². The van der Waals surface area contributed by atoms with Gasteiger partial charge in [0.05, 0.1) is 16.1 Å². The third-order valence-corrected chi connectivity index (χ3v) is 3.86. The van der Waals surface area contributed by atoms with Crippen LogP contribution in [0.1, 0.15) is 15.9 Å². The number of amides is 1. The van der Waals surface area contributed by atoms with Gasteiger partial charge in [-0.05, 0) is 42.6 Å². The van der Waals surface area contributed by atoms with Crippen molar-refractivity contribution in [2.45, 2.75) is 6.18 Å². The third kappa shape index (κ3) is 6.11. The molecule has 0 saturated carbocycles. The molecule has 0 aliphatic heterocycles. The lowest BCUT2D eigenvalue weighted by Crippen LogP contribution is -2.23. The summed E-state index contributed by atoms with van der Waals surface area (Å²) in [5.74, 6) is -0.861. The molecule has 1 amide bonds. The predicted octanol–water partition coefficient (Wildman–Crippen LogP) is 4.70. The molecule has 2 aromatic rings. The lowest BCUT2D eigenvalue weighted by Gasteiger charge is -2.15. The smallest absolute Gasteiger partial charge is 0.416 e. The molecule has 0 bridgehead atoms. The predicted molar refractivity (Wildman–Crippen MR) is 103 cm³/mol. The van der Waals surface area contributed by atoms with Gasteiger partial charge in [-0.15, -0.1) is 0 Å². The first-order valence-electron chi connectivity index (χ1n) is 8.20. The largest absolute Gasteiger partial charge is 0.455 e. The van der Waals surface area contributed by atoms with Crippen LogP contribution in [0.4, 0.5) is 13.2 Å². The number of benzene rings is 2. The maximum Gasteiger partial charge on any atom is 0.416 e. The van der Waals surface area contributed by atoms with Crippen molar-refractivity contribution in [3.8, 4) is 11.5 Å². The maximum atomic E-state index is 13.1. The van der Waals surface area contributed by atoms with E-state index in [4.69, 9.17) is 16.3 Å². The Morgan fingerprint density at radius 3 is 2.48 bits per heavy atom. The van der Waals surface area contributed by atoms with Crippen molar-refractivity contribution < 1.29 is 27.5 Å². The number of carbonyl (C=O) groups is 2. The zero-order chi connectivity index (χ0) is 21.4. The Hall–Kier alpha value is -3.26. The average Bonchev–Trinajstić information content (AvgIpc) is 2.67. The molecule has 0 atom stereocenters. The van der Waals surface area contributed by atoms with E-state index in [1.54, 1.807) is 19.2 Å². The number of hydrogen-bond acceptors (Lipinski definition) is 4. The molecule has 2 aromatic carbocycles. The third-order valence-electron chi connectivity index (χ3n) is 3.54. The van der Waals surface area contributed by atoms with Crippen LogP contribution in [-0.4, -0.2) is 19.2 Å². The maximum absolute atomic E-state index is 13.1. The van der Waals surface area contributed by atoms with E-state index in [9.17, 15) is 22.8 Å². The number of para-hydroxylation sites is 1. The fourth-order valence-corrected chi connectivity index (χ4v) is 2.38. The molecule has 9 heteroatoms. The second kappa shape index (κ2) is 9.79. The van der Waals surface area contributed by atoms with Crippen LogP contribution in [-0.2, 0) is 11.0 Å². The Kier molecular flexibility index (Phi) is 7.44. The topological polar surface area (TPSA) is 67.4 Å². The highest BCUT2D eigenvalue weighted by Gasteiger charge is 2.32. The van der Waals surface area contributed by atoms with Crippen LogP contribution < -0.4 is 15.4 Å². The van der Waals surface area contributed by atoms with Gasteiger partial charge in [0, 0.05) is 18.8 Å². The van der Waals surface area contributed by atoms with E-state index in [0.717, 1.165) is 18.2 Å². The first kappa shape index (κ1) is 22.0. The highest BCUT2D eigenvalue weighted by molar-refractivity contribution is 6.32. The van der Waals surface area contributed by atoms with Crippen molar-refractivity contribution in [1.29, 1.82) is 0 Å². The number of hydrogen-bond donors (Lipinski definition) is 2. The van der Waals surface area contributed by atoms with Gasteiger partial charge >= 0.3 is 6.18 Å². The molecule has 2 rings (SSSR count). The van der Waals surface area contributed by atoms with Crippen molar-refractivity contribution in [3.63, 3.8) is 0 Å². The van der Waals surface area contributed by atoms with Gasteiger partial charge in [-0.3, -0.25) is 9.59 Å². The zero-order valence-corrected chi connectivity index (χ0v) is 15.8. The van der Waals surface area contributed by atoms with Crippen LogP contribution in [0, 0.1) is 0 Å². The fourth-order valence-electron chi connectivity index (χ4n) is 2.20. The first-order chi connectivity index (χ1) is 13.8. The van der Waals surface area contributed by atoms with E-state index >= 15 is 0 Å². The molecule has 29 heavy (non-hydrogen) atoms. The molecule has 5 nitrogen and oxygen atoms in total. The van der Waals surface area contributed by atoms with E-state index in [2.05, 4.69) is 10.6 Å². The van der Waals surface area contributed by atoms with Crippen molar-refractivity contribution >= 4 is 23.8 Å². The summed E-state index contributed by atoms with van der Waals surface area (Å²) in [6.45, 7) is 0. The SMILES string of the molecule is CN/C=C\C(=C/C=O)NC(=O)c1cc(C(F)(F)F)ccc1Oc1ccccc1Cl. The molecular weight excluding hydrogens is 409 g/mol. The van der Waals surface area contributed by atoms with Crippen LogP contribution in [0.5, 0.6) is 11.5 Å². The summed E-state index contributed by atoms with van der Waals surface area (Å²) >= 11 is 6.02. The van der Waals surface area contributed by atoms with E-state index in [1.165, 1.54) is 24.4 Å². The fraction of sp³-hybridized carbons (Fsp3) is 0.100. The second-order valence-electron chi connectivity index (χ2n) is 5.58. The summed E-state index contributed by atoms with van der Waals surface area (Å²) in [6, 6.07) is 8.82. The molecule has 0 aromatic heterocycles. The van der Waals surface area contributed by atoms with Crippen LogP contribution in [0.15, 0.2) is 66.5 Å². The monoisotopic (exact) mass is 424 g/mol. The molecule has 0 fully saturated rings. The minimum atomic E-state index is -4.66. The van der Waals surface area contributed by atoms with Crippen LogP contribution in [0.25, 0.3) is 0 Å². The average molecular weight is 425 g/mol. The summed E-state index contributed by atoms with van der Waals surface area (Å²) in [7, 11) is 1.60. The summed E-state index contributed by atoms with van der Waals surface area (Å²) in [6.07, 6.45) is -0.375. The lowest BCUT2D eigenvalue weighted by molar-refractivity contribution is -0.137. The molecule has 0 radical (unpaired) electrons. The number of carbonyl (C=O) groups excluding carboxylic acids is 2. The molecule has 0 spiro atoms. The minimum Gasteiger partial charge on any atom is -0.455 e. The Bertz CT molecular complexity index is 956. The minimum absolute atomic E-state index is 0.0699. The Morgan fingerprint density at radius 2 is 1.86 bits per heavy atom. The quantitative estimate of drug-likeness (QED) is 0.384. The Balaban J connectivity index is 2.46. The number of ether oxygens (including phenoxy) is 1. The van der Waals surface area contributed by atoms with E-state index < -0.39 is 17.6 Å². The molecule has 0 aliphatic rings. The molecule has 0 heterocycles. The molecule has 152 valence electrons.